The van der Waals surface area contributed by atoms with Crippen molar-refractivity contribution in [3.63, 3.8) is 0 Å². The van der Waals surface area contributed by atoms with Gasteiger partial charge in [-0.2, -0.15) is 5.10 Å². The van der Waals surface area contributed by atoms with E-state index in [9.17, 15) is 4.79 Å². The van der Waals surface area contributed by atoms with Gasteiger partial charge >= 0.3 is 0 Å². The average Bonchev–Trinajstić information content (AvgIpc) is 3.52. The van der Waals surface area contributed by atoms with Crippen molar-refractivity contribution in [3.05, 3.63) is 73.4 Å². The fourth-order valence-corrected chi connectivity index (χ4v) is 4.72. The van der Waals surface area contributed by atoms with Gasteiger partial charge in [0.1, 0.15) is 11.2 Å². The van der Waals surface area contributed by atoms with Crippen LogP contribution in [0.4, 0.5) is 5.69 Å². The highest BCUT2D eigenvalue weighted by Gasteiger charge is 2.25. The molecule has 0 aromatic carbocycles. The Balaban J connectivity index is 1.26. The van der Waals surface area contributed by atoms with Gasteiger partial charge in [-0.05, 0) is 49.2 Å². The van der Waals surface area contributed by atoms with Gasteiger partial charge in [-0.15, -0.1) is 0 Å². The number of amides is 1. The Hall–Kier alpha value is -4.92. The smallest absolute Gasteiger partial charge is 0.227 e. The number of carbonyl (C=O) groups excluding carboxylic acids is 1. The maximum atomic E-state index is 12.4. The predicted octanol–water partition coefficient (Wildman–Crippen LogP) is 5.36. The fraction of sp³-hybridized carbons (Fsp3) is 0.143. The number of carbonyl (C=O) groups is 1. The minimum atomic E-state index is 0.0594. The normalized spacial score (nSPS) is 13.6. The lowest BCUT2D eigenvalue weighted by molar-refractivity contribution is -0.122. The van der Waals surface area contributed by atoms with Crippen molar-refractivity contribution < 1.29 is 4.79 Å². The number of anilines is 1. The molecule has 6 aromatic rings. The number of hydrogen-bond donors (Lipinski definition) is 3. The van der Waals surface area contributed by atoms with Crippen LogP contribution >= 0.6 is 0 Å². The quantitative estimate of drug-likeness (QED) is 0.301. The van der Waals surface area contributed by atoms with Crippen LogP contribution in [0.25, 0.3) is 55.8 Å². The average molecular weight is 487 g/mol. The maximum Gasteiger partial charge on any atom is 0.227 e. The monoisotopic (exact) mass is 486 g/mol. The molecule has 1 saturated carbocycles. The van der Waals surface area contributed by atoms with Crippen LogP contribution in [-0.4, -0.2) is 41.0 Å². The zero-order chi connectivity index (χ0) is 24.8. The van der Waals surface area contributed by atoms with E-state index < -0.39 is 0 Å². The van der Waals surface area contributed by atoms with Crippen molar-refractivity contribution in [3.8, 4) is 33.9 Å². The summed E-state index contributed by atoms with van der Waals surface area (Å²) in [4.78, 5) is 34.0. The molecule has 1 aliphatic carbocycles. The second kappa shape index (κ2) is 8.63. The van der Waals surface area contributed by atoms with Crippen LogP contribution in [0.5, 0.6) is 0 Å². The van der Waals surface area contributed by atoms with Crippen LogP contribution in [0.2, 0.25) is 0 Å². The summed E-state index contributed by atoms with van der Waals surface area (Å²) in [6.45, 7) is 0. The number of hydrogen-bond acceptors (Lipinski definition) is 6. The van der Waals surface area contributed by atoms with E-state index >= 15 is 0 Å². The number of fused-ring (bicyclic) bond motifs is 2. The highest BCUT2D eigenvalue weighted by molar-refractivity contribution is 5.99. The van der Waals surface area contributed by atoms with Crippen LogP contribution in [-0.2, 0) is 4.79 Å². The Kier molecular flexibility index (Phi) is 4.99. The van der Waals surface area contributed by atoms with Gasteiger partial charge in [0.05, 0.1) is 46.2 Å². The number of nitrogens with zero attached hydrogens (tertiary/aromatic N) is 5. The lowest BCUT2D eigenvalue weighted by Crippen LogP contribution is -2.28. The number of H-pyrrole nitrogens is 2. The molecular formula is C28H22N8O. The molecule has 1 aliphatic rings. The van der Waals surface area contributed by atoms with Crippen molar-refractivity contribution in [1.29, 1.82) is 0 Å². The van der Waals surface area contributed by atoms with Gasteiger partial charge in [0.15, 0.2) is 0 Å². The van der Waals surface area contributed by atoms with Gasteiger partial charge in [0.2, 0.25) is 5.91 Å². The number of aromatic amines is 2. The van der Waals surface area contributed by atoms with Gasteiger partial charge in [0.25, 0.3) is 0 Å². The molecule has 0 aliphatic heterocycles. The Morgan fingerprint density at radius 1 is 0.946 bits per heavy atom. The molecule has 9 heteroatoms. The van der Waals surface area contributed by atoms with Crippen molar-refractivity contribution in [1.82, 2.24) is 35.1 Å². The molecule has 180 valence electrons. The molecular weight excluding hydrogens is 464 g/mol. The van der Waals surface area contributed by atoms with Crippen LogP contribution in [0.3, 0.4) is 0 Å². The van der Waals surface area contributed by atoms with Gasteiger partial charge in [-0.1, -0.05) is 12.5 Å². The third kappa shape index (κ3) is 3.81. The molecule has 0 radical (unpaired) electrons. The maximum absolute atomic E-state index is 12.4. The summed E-state index contributed by atoms with van der Waals surface area (Å²) in [5.74, 6) is 0.167. The summed E-state index contributed by atoms with van der Waals surface area (Å²) in [6.07, 6.45) is 11.8. The van der Waals surface area contributed by atoms with Gasteiger partial charge in [-0.25, -0.2) is 4.98 Å². The molecule has 0 saturated heterocycles. The molecule has 0 spiro atoms. The van der Waals surface area contributed by atoms with Gasteiger partial charge in [0, 0.05) is 41.0 Å². The second-order valence-corrected chi connectivity index (χ2v) is 9.29. The molecule has 37 heavy (non-hydrogen) atoms. The molecule has 0 bridgehead atoms. The molecule has 3 N–H and O–H groups in total. The van der Waals surface area contributed by atoms with Crippen molar-refractivity contribution in [2.24, 2.45) is 5.92 Å². The minimum Gasteiger partial charge on any atom is -0.352 e. The van der Waals surface area contributed by atoms with Crippen LogP contribution in [0.1, 0.15) is 19.3 Å². The number of rotatable bonds is 5. The summed E-state index contributed by atoms with van der Waals surface area (Å²) in [6, 6.07) is 13.7. The van der Waals surface area contributed by atoms with E-state index in [0.29, 0.717) is 11.4 Å². The number of aromatic nitrogens is 7. The SMILES string of the molecule is O=C(Nc1cncc(-c2ccc3[nH]nc(-c4cc5c(-c6ccccn6)cncc5[nH]4)c3n2)c1)C1CCC1. The summed E-state index contributed by atoms with van der Waals surface area (Å²) < 4.78 is 0. The second-order valence-electron chi connectivity index (χ2n) is 9.29. The van der Waals surface area contributed by atoms with E-state index in [1.807, 2.05) is 42.6 Å². The molecule has 1 fully saturated rings. The molecule has 0 unspecified atom stereocenters. The topological polar surface area (TPSA) is 125 Å². The van der Waals surface area contributed by atoms with Crippen LogP contribution in [0, 0.1) is 5.92 Å². The third-order valence-electron chi connectivity index (χ3n) is 6.93. The zero-order valence-corrected chi connectivity index (χ0v) is 19.8. The van der Waals surface area contributed by atoms with E-state index in [0.717, 1.165) is 69.4 Å². The molecule has 0 atom stereocenters. The number of nitrogens with one attached hydrogen (secondary N) is 3. The first-order valence-corrected chi connectivity index (χ1v) is 12.2. The standard InChI is InChI=1S/C28H22N8O/c37-28(16-4-3-5-16)32-18-10-17(12-29-13-18)21-7-8-23-26(34-21)27(36-35-23)24-11-19-20(14-30-15-25(19)33-24)22-6-1-2-9-31-22/h1-2,6-16,33H,3-5H2,(H,32,37)(H,35,36). The highest BCUT2D eigenvalue weighted by Crippen LogP contribution is 2.33. The lowest BCUT2D eigenvalue weighted by Gasteiger charge is -2.24. The molecule has 6 aromatic heterocycles. The summed E-state index contributed by atoms with van der Waals surface area (Å²) in [7, 11) is 0. The lowest BCUT2D eigenvalue weighted by atomic mass is 9.85. The Morgan fingerprint density at radius 3 is 2.70 bits per heavy atom. The van der Waals surface area contributed by atoms with Gasteiger partial charge in [-0.3, -0.25) is 24.8 Å². The Bertz CT molecular complexity index is 1770. The number of pyridine rings is 4. The Morgan fingerprint density at radius 2 is 1.86 bits per heavy atom. The fourth-order valence-electron chi connectivity index (χ4n) is 4.72. The van der Waals surface area contributed by atoms with E-state index in [1.54, 1.807) is 24.8 Å². The van der Waals surface area contributed by atoms with Gasteiger partial charge < -0.3 is 10.3 Å². The minimum absolute atomic E-state index is 0.0594. The zero-order valence-electron chi connectivity index (χ0n) is 19.8. The van der Waals surface area contributed by atoms with E-state index in [4.69, 9.17) is 4.98 Å². The van der Waals surface area contributed by atoms with Crippen molar-refractivity contribution in [2.45, 2.75) is 19.3 Å². The van der Waals surface area contributed by atoms with Crippen molar-refractivity contribution >= 4 is 33.5 Å². The summed E-state index contributed by atoms with van der Waals surface area (Å²) >= 11 is 0. The molecule has 9 nitrogen and oxygen atoms in total. The third-order valence-corrected chi connectivity index (χ3v) is 6.93. The first kappa shape index (κ1) is 21.4. The van der Waals surface area contributed by atoms with E-state index in [2.05, 4.69) is 41.5 Å². The predicted molar refractivity (Wildman–Crippen MR) is 141 cm³/mol. The molecule has 6 heterocycles. The Labute approximate surface area is 211 Å². The first-order chi connectivity index (χ1) is 18.2. The summed E-state index contributed by atoms with van der Waals surface area (Å²) in [5, 5.41) is 11.7. The van der Waals surface area contributed by atoms with Crippen LogP contribution in [0.15, 0.2) is 73.4 Å². The van der Waals surface area contributed by atoms with E-state index in [1.165, 1.54) is 0 Å². The van der Waals surface area contributed by atoms with E-state index in [-0.39, 0.29) is 11.8 Å². The van der Waals surface area contributed by atoms with Crippen LogP contribution < -0.4 is 5.32 Å². The molecule has 1 amide bonds. The van der Waals surface area contributed by atoms with Crippen molar-refractivity contribution in [2.75, 3.05) is 5.32 Å². The largest absolute Gasteiger partial charge is 0.352 e. The summed E-state index contributed by atoms with van der Waals surface area (Å²) in [5.41, 5.74) is 8.03. The highest BCUT2D eigenvalue weighted by atomic mass is 16.1. The first-order valence-electron chi connectivity index (χ1n) is 12.2. The molecule has 7 rings (SSSR count).